The Morgan fingerprint density at radius 3 is 2.52 bits per heavy atom. The lowest BCUT2D eigenvalue weighted by molar-refractivity contribution is -0.176. The van der Waals surface area contributed by atoms with Crippen LogP contribution in [-0.2, 0) is 11.3 Å². The molecule has 3 rings (SSSR count). The summed E-state index contributed by atoms with van der Waals surface area (Å²) in [6.45, 7) is -1.42. The lowest BCUT2D eigenvalue weighted by Gasteiger charge is -2.37. The first-order valence-corrected chi connectivity index (χ1v) is 8.23. The lowest BCUT2D eigenvalue weighted by atomic mass is 10.00. The van der Waals surface area contributed by atoms with Crippen LogP contribution in [0.4, 0.5) is 18.0 Å². The fourth-order valence-electron chi connectivity index (χ4n) is 3.72. The van der Waals surface area contributed by atoms with Crippen molar-refractivity contribution in [1.29, 1.82) is 0 Å². The third-order valence-electron chi connectivity index (χ3n) is 4.65. The van der Waals surface area contributed by atoms with E-state index in [1.165, 1.54) is 4.90 Å². The van der Waals surface area contributed by atoms with Crippen LogP contribution in [0.15, 0.2) is 24.3 Å². The second-order valence-corrected chi connectivity index (χ2v) is 6.54. The first-order chi connectivity index (χ1) is 11.8. The minimum atomic E-state index is -4.34. The van der Waals surface area contributed by atoms with E-state index in [2.05, 4.69) is 4.74 Å². The summed E-state index contributed by atoms with van der Waals surface area (Å²) in [5.74, 6) is 0.571. The van der Waals surface area contributed by atoms with E-state index in [0.717, 1.165) is 12.8 Å². The Hall–Kier alpha value is -1.96. The number of carbonyl (C=O) groups is 1. The molecular weight excluding hydrogens is 339 g/mol. The molecule has 0 radical (unpaired) electrons. The third-order valence-corrected chi connectivity index (χ3v) is 4.65. The van der Waals surface area contributed by atoms with E-state index in [4.69, 9.17) is 4.74 Å². The van der Waals surface area contributed by atoms with E-state index in [-0.39, 0.29) is 24.8 Å². The second kappa shape index (κ2) is 7.11. The van der Waals surface area contributed by atoms with Crippen molar-refractivity contribution in [2.45, 2.75) is 56.7 Å². The summed E-state index contributed by atoms with van der Waals surface area (Å²) in [6, 6.07) is 6.78. The first kappa shape index (κ1) is 17.8. The van der Waals surface area contributed by atoms with Gasteiger partial charge in [0.25, 0.3) is 0 Å². The van der Waals surface area contributed by atoms with Gasteiger partial charge in [-0.05, 0) is 30.5 Å². The number of nitrogens with zero attached hydrogens (tertiary/aromatic N) is 1. The number of hydrogen-bond donors (Lipinski definition) is 1. The van der Waals surface area contributed by atoms with Crippen molar-refractivity contribution in [2.24, 2.45) is 0 Å². The zero-order valence-corrected chi connectivity index (χ0v) is 13.5. The quantitative estimate of drug-likeness (QED) is 0.868. The predicted molar refractivity (Wildman–Crippen MR) is 82.5 cm³/mol. The van der Waals surface area contributed by atoms with Gasteiger partial charge in [0.05, 0.1) is 6.61 Å². The summed E-state index contributed by atoms with van der Waals surface area (Å²) in [5.41, 5.74) is 0.604. The maximum Gasteiger partial charge on any atom is 0.411 e. The minimum Gasteiger partial charge on any atom is -0.490 e. The number of fused-ring (bicyclic) bond motifs is 2. The molecule has 5 nitrogen and oxygen atoms in total. The number of benzene rings is 1. The fraction of sp³-hybridized carbons (Fsp3) is 0.588. The van der Waals surface area contributed by atoms with Crippen LogP contribution in [0.5, 0.6) is 5.75 Å². The molecular formula is C17H20F3NO4. The lowest BCUT2D eigenvalue weighted by Crippen LogP contribution is -2.48. The number of halogens is 3. The first-order valence-electron chi connectivity index (χ1n) is 8.23. The van der Waals surface area contributed by atoms with Crippen LogP contribution >= 0.6 is 0 Å². The molecule has 0 saturated carbocycles. The summed E-state index contributed by atoms with van der Waals surface area (Å²) < 4.78 is 47.0. The summed E-state index contributed by atoms with van der Waals surface area (Å²) >= 11 is 0. The highest BCUT2D eigenvalue weighted by atomic mass is 19.4. The van der Waals surface area contributed by atoms with E-state index < -0.39 is 18.9 Å². The number of amides is 1. The normalized spacial score (nSPS) is 25.9. The highest BCUT2D eigenvalue weighted by Gasteiger charge is 2.44. The van der Waals surface area contributed by atoms with Crippen LogP contribution < -0.4 is 4.74 Å². The standard InChI is InChI=1S/C17H20F3NO4/c18-17(19,20)10-24-9-11-2-1-3-14(6-11)25-15-7-12-4-5-13(8-15)21(12)16(22)23/h1-3,6,12-13,15H,4-5,7-10H2,(H,22,23)/t12-,13+,15?. The average molecular weight is 359 g/mol. The van der Waals surface area contributed by atoms with Crippen molar-refractivity contribution >= 4 is 6.09 Å². The van der Waals surface area contributed by atoms with Gasteiger partial charge in [-0.2, -0.15) is 13.2 Å². The van der Waals surface area contributed by atoms with Gasteiger partial charge in [-0.1, -0.05) is 12.1 Å². The zero-order valence-electron chi connectivity index (χ0n) is 13.5. The van der Waals surface area contributed by atoms with Crippen LogP contribution in [0, 0.1) is 0 Å². The van der Waals surface area contributed by atoms with Gasteiger partial charge in [-0.25, -0.2) is 4.79 Å². The van der Waals surface area contributed by atoms with E-state index >= 15 is 0 Å². The summed E-state index contributed by atoms with van der Waals surface area (Å²) in [4.78, 5) is 12.8. The van der Waals surface area contributed by atoms with E-state index in [1.54, 1.807) is 24.3 Å². The van der Waals surface area contributed by atoms with Crippen LogP contribution in [-0.4, -0.2) is 47.1 Å². The van der Waals surface area contributed by atoms with Gasteiger partial charge in [0.15, 0.2) is 0 Å². The van der Waals surface area contributed by atoms with Crippen molar-refractivity contribution in [3.05, 3.63) is 29.8 Å². The Bertz CT molecular complexity index is 608. The molecule has 0 aliphatic carbocycles. The van der Waals surface area contributed by atoms with Gasteiger partial charge in [-0.3, -0.25) is 0 Å². The Balaban J connectivity index is 1.55. The smallest absolute Gasteiger partial charge is 0.411 e. The van der Waals surface area contributed by atoms with Gasteiger partial charge < -0.3 is 19.5 Å². The number of alkyl halides is 3. The molecule has 2 heterocycles. The monoisotopic (exact) mass is 359 g/mol. The highest BCUT2D eigenvalue weighted by molar-refractivity contribution is 5.66. The molecule has 1 aromatic carbocycles. The maximum atomic E-state index is 12.1. The minimum absolute atomic E-state index is 0.0143. The third kappa shape index (κ3) is 4.56. The molecule has 2 fully saturated rings. The van der Waals surface area contributed by atoms with Crippen molar-refractivity contribution in [1.82, 2.24) is 4.90 Å². The number of piperidine rings is 1. The number of rotatable bonds is 5. The Morgan fingerprint density at radius 2 is 1.92 bits per heavy atom. The number of carboxylic acid groups (broad SMARTS) is 1. The van der Waals surface area contributed by atoms with Crippen LogP contribution in [0.3, 0.4) is 0 Å². The molecule has 3 atom stereocenters. The van der Waals surface area contributed by atoms with E-state index in [1.807, 2.05) is 0 Å². The second-order valence-electron chi connectivity index (χ2n) is 6.54. The van der Waals surface area contributed by atoms with Gasteiger partial charge in [-0.15, -0.1) is 0 Å². The largest absolute Gasteiger partial charge is 0.490 e. The fourth-order valence-corrected chi connectivity index (χ4v) is 3.72. The molecule has 0 spiro atoms. The molecule has 138 valence electrons. The predicted octanol–water partition coefficient (Wildman–Crippen LogP) is 3.82. The molecule has 2 bridgehead atoms. The molecule has 0 aromatic heterocycles. The van der Waals surface area contributed by atoms with Crippen molar-refractivity contribution in [3.8, 4) is 5.75 Å². The molecule has 2 saturated heterocycles. The topological polar surface area (TPSA) is 59.0 Å². The average Bonchev–Trinajstić information content (AvgIpc) is 2.78. The van der Waals surface area contributed by atoms with Gasteiger partial charge >= 0.3 is 12.3 Å². The maximum absolute atomic E-state index is 12.1. The molecule has 1 N–H and O–H groups in total. The van der Waals surface area contributed by atoms with E-state index in [0.29, 0.717) is 24.2 Å². The van der Waals surface area contributed by atoms with Gasteiger partial charge in [0.2, 0.25) is 0 Å². The van der Waals surface area contributed by atoms with E-state index in [9.17, 15) is 23.1 Å². The van der Waals surface area contributed by atoms with Gasteiger partial charge in [0, 0.05) is 24.9 Å². The number of ether oxygens (including phenoxy) is 2. The molecule has 25 heavy (non-hydrogen) atoms. The van der Waals surface area contributed by atoms with Crippen molar-refractivity contribution in [3.63, 3.8) is 0 Å². The summed E-state index contributed by atoms with van der Waals surface area (Å²) in [5, 5.41) is 9.26. The van der Waals surface area contributed by atoms with Crippen molar-refractivity contribution in [2.75, 3.05) is 6.61 Å². The van der Waals surface area contributed by atoms with Crippen molar-refractivity contribution < 1.29 is 32.5 Å². The Labute approximate surface area is 143 Å². The van der Waals surface area contributed by atoms with Crippen LogP contribution in [0.1, 0.15) is 31.2 Å². The zero-order chi connectivity index (χ0) is 18.0. The van der Waals surface area contributed by atoms with Crippen LogP contribution in [0.2, 0.25) is 0 Å². The SMILES string of the molecule is O=C(O)N1[C@@H]2CC[C@H]1CC(Oc1cccc(COCC(F)(F)F)c1)C2. The molecule has 8 heteroatoms. The Kier molecular flexibility index (Phi) is 5.08. The highest BCUT2D eigenvalue weighted by Crippen LogP contribution is 2.37. The Morgan fingerprint density at radius 1 is 1.24 bits per heavy atom. The molecule has 1 unspecified atom stereocenters. The molecule has 1 amide bonds. The summed E-state index contributed by atoms with van der Waals surface area (Å²) in [7, 11) is 0. The van der Waals surface area contributed by atoms with Crippen LogP contribution in [0.25, 0.3) is 0 Å². The number of hydrogen-bond acceptors (Lipinski definition) is 3. The molecule has 2 aliphatic heterocycles. The molecule has 1 aromatic rings. The molecule has 2 aliphatic rings. The van der Waals surface area contributed by atoms with Gasteiger partial charge in [0.1, 0.15) is 18.5 Å². The summed E-state index contributed by atoms with van der Waals surface area (Å²) in [6.07, 6.45) is -2.33.